The number of nitrogens with one attached hydrogen (secondary N) is 1. The van der Waals surface area contributed by atoms with Crippen LogP contribution in [0.3, 0.4) is 0 Å². The molecule has 0 saturated carbocycles. The molecule has 92 valence electrons. The minimum Gasteiger partial charge on any atom is -0.388 e. The number of fused-ring (bicyclic) bond motifs is 1. The first-order chi connectivity index (χ1) is 8.11. The van der Waals surface area contributed by atoms with Crippen LogP contribution in [0.5, 0.6) is 0 Å². The Morgan fingerprint density at radius 2 is 2.12 bits per heavy atom. The fraction of sp³-hybridized carbons (Fsp3) is 0.273. The molecule has 0 fully saturated rings. The van der Waals surface area contributed by atoms with E-state index in [1.165, 1.54) is 16.5 Å². The molecule has 0 amide bonds. The summed E-state index contributed by atoms with van der Waals surface area (Å²) in [5, 5.41) is 4.50. The smallest absolute Gasteiger partial charge is 0.0532 e. The molecule has 1 N–H and O–H groups in total. The summed E-state index contributed by atoms with van der Waals surface area (Å²) in [7, 11) is 10.0. The van der Waals surface area contributed by atoms with Crippen LogP contribution in [0, 0.1) is 0 Å². The predicted octanol–water partition coefficient (Wildman–Crippen LogP) is 2.75. The van der Waals surface area contributed by atoms with Crippen LogP contribution >= 0.6 is 28.2 Å². The molecule has 3 nitrogen and oxygen atoms in total. The highest BCUT2D eigenvalue weighted by Crippen LogP contribution is 2.27. The van der Waals surface area contributed by atoms with Crippen molar-refractivity contribution in [1.29, 1.82) is 0 Å². The van der Waals surface area contributed by atoms with E-state index in [0.717, 1.165) is 18.7 Å². The van der Waals surface area contributed by atoms with Crippen LogP contribution in [-0.4, -0.2) is 22.4 Å². The molecule has 3 unspecified atom stereocenters. The van der Waals surface area contributed by atoms with Gasteiger partial charge in [-0.2, -0.15) is 0 Å². The normalized spacial score (nSPS) is 11.4. The summed E-state index contributed by atoms with van der Waals surface area (Å²) in [5.74, 6) is 0. The van der Waals surface area contributed by atoms with Gasteiger partial charge < -0.3 is 9.65 Å². The zero-order valence-corrected chi connectivity index (χ0v) is 13.3. The van der Waals surface area contributed by atoms with Crippen molar-refractivity contribution in [3.8, 4) is 0 Å². The molecule has 2 aromatic rings. The summed E-state index contributed by atoms with van der Waals surface area (Å²) >= 11 is 0. The molecular formula is C11H18N3P3. The third kappa shape index (κ3) is 2.98. The lowest BCUT2D eigenvalue weighted by molar-refractivity contribution is 0.728. The average Bonchev–Trinajstić information content (AvgIpc) is 2.63. The van der Waals surface area contributed by atoms with E-state index in [2.05, 4.69) is 62.2 Å². The highest BCUT2D eigenvalue weighted by Gasteiger charge is 2.07. The molecule has 0 aliphatic heterocycles. The lowest BCUT2D eigenvalue weighted by Crippen LogP contribution is -2.01. The van der Waals surface area contributed by atoms with Crippen LogP contribution in [0.25, 0.3) is 10.9 Å². The number of anilines is 1. The standard InChI is InChI=1S/C11H18N3P3/c1-12-9-2-3-10-8(4-5-14(16)17)7-13(15)11(10)6-9/h2-3,6-7,12H,4-5,15-17H2,1H3. The van der Waals surface area contributed by atoms with Crippen molar-refractivity contribution in [3.63, 3.8) is 0 Å². The molecule has 0 radical (unpaired) electrons. The summed E-state index contributed by atoms with van der Waals surface area (Å²) in [6.45, 7) is 1.01. The maximum atomic E-state index is 3.17. The lowest BCUT2D eigenvalue weighted by Gasteiger charge is -2.07. The fourth-order valence-corrected chi connectivity index (χ4v) is 2.58. The quantitative estimate of drug-likeness (QED) is 0.872. The molecule has 17 heavy (non-hydrogen) atoms. The first-order valence-corrected chi connectivity index (χ1v) is 7.00. The summed E-state index contributed by atoms with van der Waals surface area (Å²) in [5.41, 5.74) is 3.77. The predicted molar refractivity (Wildman–Crippen MR) is 86.4 cm³/mol. The minimum atomic E-state index is 1.01. The van der Waals surface area contributed by atoms with Crippen LogP contribution in [0.4, 0.5) is 5.69 Å². The Hall–Kier alpha value is -0.190. The van der Waals surface area contributed by atoms with Crippen molar-refractivity contribution in [2.45, 2.75) is 6.42 Å². The Morgan fingerprint density at radius 1 is 1.35 bits per heavy atom. The van der Waals surface area contributed by atoms with Crippen molar-refractivity contribution >= 4 is 44.8 Å². The summed E-state index contributed by atoms with van der Waals surface area (Å²) < 4.78 is 4.16. The molecule has 0 bridgehead atoms. The number of hydrogen-bond acceptors (Lipinski definition) is 2. The Kier molecular flexibility index (Phi) is 4.39. The van der Waals surface area contributed by atoms with Crippen LogP contribution < -0.4 is 5.32 Å². The molecule has 2 rings (SSSR count). The molecule has 0 spiro atoms. The topological polar surface area (TPSA) is 20.2 Å². The van der Waals surface area contributed by atoms with E-state index in [9.17, 15) is 0 Å². The van der Waals surface area contributed by atoms with E-state index in [4.69, 9.17) is 0 Å². The van der Waals surface area contributed by atoms with Gasteiger partial charge in [0.05, 0.1) is 5.52 Å². The van der Waals surface area contributed by atoms with Crippen molar-refractivity contribution in [3.05, 3.63) is 30.0 Å². The second-order valence-corrected chi connectivity index (χ2v) is 6.51. The molecule has 3 atom stereocenters. The van der Waals surface area contributed by atoms with E-state index in [-0.39, 0.29) is 0 Å². The Morgan fingerprint density at radius 3 is 2.76 bits per heavy atom. The van der Waals surface area contributed by atoms with Gasteiger partial charge >= 0.3 is 0 Å². The van der Waals surface area contributed by atoms with Gasteiger partial charge in [-0.15, -0.1) is 0 Å². The molecule has 1 aromatic carbocycles. The molecular weight excluding hydrogens is 267 g/mol. The molecule has 0 aliphatic carbocycles. The molecule has 0 saturated heterocycles. The summed E-state index contributed by atoms with van der Waals surface area (Å²) in [6, 6.07) is 6.48. The second kappa shape index (κ2) is 5.63. The van der Waals surface area contributed by atoms with Crippen molar-refractivity contribution in [2.75, 3.05) is 18.9 Å². The number of rotatable bonds is 4. The third-order valence-electron chi connectivity index (χ3n) is 2.84. The fourth-order valence-electron chi connectivity index (χ4n) is 1.93. The largest absolute Gasteiger partial charge is 0.388 e. The monoisotopic (exact) mass is 285 g/mol. The van der Waals surface area contributed by atoms with Crippen LogP contribution in [0.2, 0.25) is 0 Å². The first-order valence-electron chi connectivity index (χ1n) is 5.45. The number of hydrogen-bond donors (Lipinski definition) is 1. The maximum absolute atomic E-state index is 3.17. The van der Waals surface area contributed by atoms with Gasteiger partial charge in [0.2, 0.25) is 0 Å². The van der Waals surface area contributed by atoms with E-state index in [0.29, 0.717) is 0 Å². The van der Waals surface area contributed by atoms with Gasteiger partial charge in [-0.3, -0.25) is 4.44 Å². The third-order valence-corrected chi connectivity index (χ3v) is 3.79. The van der Waals surface area contributed by atoms with E-state index < -0.39 is 0 Å². The van der Waals surface area contributed by atoms with Gasteiger partial charge in [0.1, 0.15) is 0 Å². The molecule has 1 heterocycles. The van der Waals surface area contributed by atoms with Crippen molar-refractivity contribution in [2.24, 2.45) is 0 Å². The second-order valence-electron chi connectivity index (χ2n) is 4.03. The van der Waals surface area contributed by atoms with Crippen molar-refractivity contribution in [1.82, 2.24) is 8.78 Å². The Labute approximate surface area is 109 Å². The van der Waals surface area contributed by atoms with Gasteiger partial charge in [-0.25, -0.2) is 0 Å². The SMILES string of the molecule is CNc1ccc2c(CCN(P)P)cn(P)c2c1. The Bertz CT molecular complexity index is 522. The van der Waals surface area contributed by atoms with E-state index in [1.54, 1.807) is 0 Å². The van der Waals surface area contributed by atoms with E-state index >= 15 is 0 Å². The van der Waals surface area contributed by atoms with Crippen molar-refractivity contribution < 1.29 is 0 Å². The summed E-state index contributed by atoms with van der Waals surface area (Å²) in [4.78, 5) is 0. The van der Waals surface area contributed by atoms with Gasteiger partial charge in [0.15, 0.2) is 0 Å². The van der Waals surface area contributed by atoms with Gasteiger partial charge in [-0.05, 0) is 33.5 Å². The van der Waals surface area contributed by atoms with Gasteiger partial charge in [-0.1, -0.05) is 24.8 Å². The number of nitrogens with zero attached hydrogens (tertiary/aromatic N) is 2. The highest BCUT2D eigenvalue weighted by atomic mass is 31.1. The zero-order valence-electron chi connectivity index (χ0n) is 9.85. The maximum Gasteiger partial charge on any atom is 0.0532 e. The van der Waals surface area contributed by atoms with Crippen LogP contribution in [0.15, 0.2) is 24.4 Å². The average molecular weight is 285 g/mol. The zero-order chi connectivity index (χ0) is 12.4. The van der Waals surface area contributed by atoms with Gasteiger partial charge in [0.25, 0.3) is 0 Å². The highest BCUT2D eigenvalue weighted by molar-refractivity contribution is 7.30. The summed E-state index contributed by atoms with van der Waals surface area (Å²) in [6.07, 6.45) is 3.23. The van der Waals surface area contributed by atoms with E-state index in [1.807, 2.05) is 11.5 Å². The Balaban J connectivity index is 2.38. The lowest BCUT2D eigenvalue weighted by atomic mass is 10.1. The molecule has 6 heteroatoms. The number of aromatic nitrogens is 1. The molecule has 1 aromatic heterocycles. The van der Waals surface area contributed by atoms with Crippen LogP contribution in [-0.2, 0) is 6.42 Å². The molecule has 0 aliphatic rings. The number of benzene rings is 1. The first kappa shape index (κ1) is 13.2. The van der Waals surface area contributed by atoms with Gasteiger partial charge in [0, 0.05) is 30.9 Å². The minimum absolute atomic E-state index is 1.01. The van der Waals surface area contributed by atoms with Crippen LogP contribution in [0.1, 0.15) is 5.56 Å².